The van der Waals surface area contributed by atoms with Crippen LogP contribution in [0.4, 0.5) is 5.69 Å². The molecule has 1 unspecified atom stereocenters. The van der Waals surface area contributed by atoms with Crippen molar-refractivity contribution in [2.45, 2.75) is 23.9 Å². The Hall–Kier alpha value is -2.64. The minimum absolute atomic E-state index is 0.0752. The van der Waals surface area contributed by atoms with E-state index in [0.717, 1.165) is 17.1 Å². The highest BCUT2D eigenvalue weighted by molar-refractivity contribution is 8.00. The lowest BCUT2D eigenvalue weighted by molar-refractivity contribution is -0.115. The third kappa shape index (κ3) is 4.96. The fraction of sp³-hybridized carbons (Fsp3) is 0.250. The zero-order chi connectivity index (χ0) is 19.1. The summed E-state index contributed by atoms with van der Waals surface area (Å²) in [5.74, 6) is 0.694. The maximum Gasteiger partial charge on any atom is 0.237 e. The number of thioether (sulfide) groups is 1. The molecule has 0 saturated carbocycles. The second kappa shape index (κ2) is 9.34. The Labute approximate surface area is 163 Å². The number of rotatable bonds is 8. The lowest BCUT2D eigenvalue weighted by Gasteiger charge is -2.13. The van der Waals surface area contributed by atoms with Crippen molar-refractivity contribution in [2.75, 3.05) is 19.0 Å². The first-order chi connectivity index (χ1) is 13.2. The van der Waals surface area contributed by atoms with Crippen molar-refractivity contribution >= 4 is 23.4 Å². The van der Waals surface area contributed by atoms with Gasteiger partial charge in [-0.05, 0) is 19.1 Å². The van der Waals surface area contributed by atoms with Crippen molar-refractivity contribution in [2.24, 2.45) is 0 Å². The molecular weight excluding hydrogens is 360 g/mol. The lowest BCUT2D eigenvalue weighted by Crippen LogP contribution is -2.23. The van der Waals surface area contributed by atoms with E-state index in [2.05, 4.69) is 15.5 Å². The summed E-state index contributed by atoms with van der Waals surface area (Å²) < 4.78 is 7.22. The van der Waals surface area contributed by atoms with Gasteiger partial charge in [0.2, 0.25) is 5.91 Å². The molecule has 0 radical (unpaired) electrons. The topological polar surface area (TPSA) is 69.0 Å². The summed E-state index contributed by atoms with van der Waals surface area (Å²) in [5, 5.41) is 12.0. The van der Waals surface area contributed by atoms with Gasteiger partial charge in [-0.3, -0.25) is 9.36 Å². The Kier molecular flexibility index (Phi) is 6.62. The predicted octanol–water partition coefficient (Wildman–Crippen LogP) is 3.71. The van der Waals surface area contributed by atoms with Crippen molar-refractivity contribution in [1.82, 2.24) is 14.8 Å². The number of aromatic nitrogens is 3. The van der Waals surface area contributed by atoms with Crippen LogP contribution in [-0.4, -0.2) is 39.6 Å². The molecule has 1 heterocycles. The molecule has 0 aliphatic carbocycles. The molecule has 2 aromatic carbocycles. The smallest absolute Gasteiger partial charge is 0.237 e. The van der Waals surface area contributed by atoms with Crippen LogP contribution in [0.1, 0.15) is 6.92 Å². The van der Waals surface area contributed by atoms with Crippen LogP contribution < -0.4 is 5.32 Å². The van der Waals surface area contributed by atoms with Crippen LogP contribution in [0.3, 0.4) is 0 Å². The minimum atomic E-state index is -0.320. The Bertz CT molecular complexity index is 868. The highest BCUT2D eigenvalue weighted by atomic mass is 32.2. The monoisotopic (exact) mass is 382 g/mol. The summed E-state index contributed by atoms with van der Waals surface area (Å²) in [5.41, 5.74) is 1.76. The standard InChI is InChI=1S/C20H22N4O2S/c1-15(19(25)21-17-11-7-4-8-12-17)27-20-23-22-18(24(20)13-14-26-2)16-9-5-3-6-10-16/h3-12,15H,13-14H2,1-2H3,(H,21,25). The van der Waals surface area contributed by atoms with Crippen LogP contribution in [0.15, 0.2) is 65.8 Å². The second-order valence-electron chi connectivity index (χ2n) is 5.93. The fourth-order valence-electron chi connectivity index (χ4n) is 2.54. The first-order valence-electron chi connectivity index (χ1n) is 8.69. The molecule has 1 amide bonds. The van der Waals surface area contributed by atoms with Crippen LogP contribution in [0.25, 0.3) is 11.4 Å². The van der Waals surface area contributed by atoms with Crippen molar-refractivity contribution in [3.05, 3.63) is 60.7 Å². The maximum atomic E-state index is 12.5. The number of nitrogens with zero attached hydrogens (tertiary/aromatic N) is 3. The quantitative estimate of drug-likeness (QED) is 0.602. The van der Waals surface area contributed by atoms with Gasteiger partial charge in [0.05, 0.1) is 18.4 Å². The minimum Gasteiger partial charge on any atom is -0.383 e. The van der Waals surface area contributed by atoms with Gasteiger partial charge in [0.1, 0.15) is 0 Å². The van der Waals surface area contributed by atoms with E-state index < -0.39 is 0 Å². The summed E-state index contributed by atoms with van der Waals surface area (Å²) in [6.07, 6.45) is 0. The maximum absolute atomic E-state index is 12.5. The summed E-state index contributed by atoms with van der Waals surface area (Å²) in [4.78, 5) is 12.5. The molecule has 6 nitrogen and oxygen atoms in total. The Morgan fingerprint density at radius 3 is 2.44 bits per heavy atom. The normalized spacial score (nSPS) is 11.9. The van der Waals surface area contributed by atoms with Crippen molar-refractivity contribution in [1.29, 1.82) is 0 Å². The Morgan fingerprint density at radius 2 is 1.78 bits per heavy atom. The molecule has 140 valence electrons. The Morgan fingerprint density at radius 1 is 1.11 bits per heavy atom. The summed E-state index contributed by atoms with van der Waals surface area (Å²) >= 11 is 1.39. The van der Waals surface area contributed by atoms with E-state index in [1.807, 2.05) is 72.2 Å². The van der Waals surface area contributed by atoms with Crippen LogP contribution in [-0.2, 0) is 16.1 Å². The molecule has 0 saturated heterocycles. The number of carbonyl (C=O) groups excluding carboxylic acids is 1. The first-order valence-corrected chi connectivity index (χ1v) is 9.57. The van der Waals surface area contributed by atoms with E-state index >= 15 is 0 Å². The van der Waals surface area contributed by atoms with E-state index in [-0.39, 0.29) is 11.2 Å². The zero-order valence-electron chi connectivity index (χ0n) is 15.3. The second-order valence-corrected chi connectivity index (χ2v) is 7.24. The molecule has 27 heavy (non-hydrogen) atoms. The number of hydrogen-bond donors (Lipinski definition) is 1. The summed E-state index contributed by atoms with van der Waals surface area (Å²) in [6.45, 7) is 3.01. The largest absolute Gasteiger partial charge is 0.383 e. The number of para-hydroxylation sites is 1. The molecule has 3 rings (SSSR count). The highest BCUT2D eigenvalue weighted by Crippen LogP contribution is 2.27. The lowest BCUT2D eigenvalue weighted by atomic mass is 10.2. The molecular formula is C20H22N4O2S. The Balaban J connectivity index is 1.77. The van der Waals surface area contributed by atoms with E-state index in [1.165, 1.54) is 11.8 Å². The summed E-state index contributed by atoms with van der Waals surface area (Å²) in [6, 6.07) is 19.3. The molecule has 1 aromatic heterocycles. The third-order valence-corrected chi connectivity index (χ3v) is 5.04. The van der Waals surface area contributed by atoms with Gasteiger partial charge in [-0.25, -0.2) is 0 Å². The van der Waals surface area contributed by atoms with Gasteiger partial charge in [0.15, 0.2) is 11.0 Å². The van der Waals surface area contributed by atoms with Gasteiger partial charge in [-0.15, -0.1) is 10.2 Å². The van der Waals surface area contributed by atoms with Crippen molar-refractivity contribution < 1.29 is 9.53 Å². The van der Waals surface area contributed by atoms with Crippen LogP contribution >= 0.6 is 11.8 Å². The SMILES string of the molecule is COCCn1c(SC(C)C(=O)Nc2ccccc2)nnc1-c1ccccc1. The number of ether oxygens (including phenoxy) is 1. The molecule has 1 N–H and O–H groups in total. The average molecular weight is 382 g/mol. The van der Waals surface area contributed by atoms with Crippen LogP contribution in [0.5, 0.6) is 0 Å². The molecule has 7 heteroatoms. The molecule has 0 aliphatic rings. The molecule has 0 bridgehead atoms. The predicted molar refractivity (Wildman–Crippen MR) is 108 cm³/mol. The van der Waals surface area contributed by atoms with Gasteiger partial charge in [-0.1, -0.05) is 60.3 Å². The number of carbonyl (C=O) groups is 1. The summed E-state index contributed by atoms with van der Waals surface area (Å²) in [7, 11) is 1.66. The zero-order valence-corrected chi connectivity index (χ0v) is 16.1. The van der Waals surface area contributed by atoms with Gasteiger partial charge in [0.25, 0.3) is 0 Å². The average Bonchev–Trinajstić information content (AvgIpc) is 3.10. The number of benzene rings is 2. The van der Waals surface area contributed by atoms with Gasteiger partial charge in [-0.2, -0.15) is 0 Å². The van der Waals surface area contributed by atoms with E-state index in [9.17, 15) is 4.79 Å². The number of amides is 1. The highest BCUT2D eigenvalue weighted by Gasteiger charge is 2.20. The van der Waals surface area contributed by atoms with Gasteiger partial charge < -0.3 is 10.1 Å². The number of anilines is 1. The number of methoxy groups -OCH3 is 1. The van der Waals surface area contributed by atoms with Crippen molar-refractivity contribution in [3.8, 4) is 11.4 Å². The fourth-order valence-corrected chi connectivity index (χ4v) is 3.41. The van der Waals surface area contributed by atoms with Gasteiger partial charge >= 0.3 is 0 Å². The van der Waals surface area contributed by atoms with Gasteiger partial charge in [0, 0.05) is 18.4 Å². The molecule has 1 atom stereocenters. The van der Waals surface area contributed by atoms with E-state index in [1.54, 1.807) is 7.11 Å². The van der Waals surface area contributed by atoms with E-state index in [0.29, 0.717) is 18.3 Å². The molecule has 0 aliphatic heterocycles. The number of hydrogen-bond acceptors (Lipinski definition) is 5. The first kappa shape index (κ1) is 19.1. The molecule has 0 fully saturated rings. The van der Waals surface area contributed by atoms with Crippen molar-refractivity contribution in [3.63, 3.8) is 0 Å². The molecule has 3 aromatic rings. The van der Waals surface area contributed by atoms with Crippen LogP contribution in [0, 0.1) is 0 Å². The van der Waals surface area contributed by atoms with E-state index in [4.69, 9.17) is 4.74 Å². The number of nitrogens with one attached hydrogen (secondary N) is 1. The third-order valence-electron chi connectivity index (χ3n) is 3.96. The van der Waals surface area contributed by atoms with Crippen LogP contribution in [0.2, 0.25) is 0 Å². The molecule has 0 spiro atoms.